The minimum atomic E-state index is 0.841. The molecule has 0 amide bonds. The van der Waals surface area contributed by atoms with Gasteiger partial charge in [0.2, 0.25) is 0 Å². The number of hydrogen-bond donors (Lipinski definition) is 0. The molecule has 3 aromatic rings. The Labute approximate surface area is 101 Å². The highest BCUT2D eigenvalue weighted by Crippen LogP contribution is 2.24. The first kappa shape index (κ1) is 9.54. The molecule has 2 aromatic heterocycles. The van der Waals surface area contributed by atoms with Crippen molar-refractivity contribution in [3.63, 3.8) is 0 Å². The summed E-state index contributed by atoms with van der Waals surface area (Å²) >= 11 is 3.48. The highest BCUT2D eigenvalue weighted by atomic mass is 79.9. The van der Waals surface area contributed by atoms with E-state index in [2.05, 4.69) is 38.1 Å². The van der Waals surface area contributed by atoms with Crippen LogP contribution >= 0.6 is 15.9 Å². The highest BCUT2D eigenvalue weighted by molar-refractivity contribution is 9.10. The lowest BCUT2D eigenvalue weighted by molar-refractivity contribution is 0.936. The SMILES string of the molecule is Brc1cc(-c2ccccc2)cc2ncnn12. The molecule has 78 valence electrons. The van der Waals surface area contributed by atoms with Crippen molar-refractivity contribution >= 4 is 21.6 Å². The molecule has 1 aromatic carbocycles. The highest BCUT2D eigenvalue weighted by Gasteiger charge is 2.04. The maximum absolute atomic E-state index is 4.19. The first-order valence-electron chi connectivity index (χ1n) is 4.89. The Morgan fingerprint density at radius 2 is 1.81 bits per heavy atom. The molecule has 0 spiro atoms. The fourth-order valence-corrected chi connectivity index (χ4v) is 2.20. The van der Waals surface area contributed by atoms with E-state index in [1.54, 1.807) is 10.8 Å². The van der Waals surface area contributed by atoms with Crippen LogP contribution in [0.3, 0.4) is 0 Å². The van der Waals surface area contributed by atoms with Gasteiger partial charge >= 0.3 is 0 Å². The molecule has 0 aliphatic heterocycles. The second kappa shape index (κ2) is 3.72. The molecule has 0 N–H and O–H groups in total. The summed E-state index contributed by atoms with van der Waals surface area (Å²) in [6, 6.07) is 14.3. The Kier molecular flexibility index (Phi) is 2.22. The zero-order valence-electron chi connectivity index (χ0n) is 8.34. The molecule has 0 radical (unpaired) electrons. The third kappa shape index (κ3) is 1.51. The number of rotatable bonds is 1. The molecule has 16 heavy (non-hydrogen) atoms. The average molecular weight is 274 g/mol. The summed E-state index contributed by atoms with van der Waals surface area (Å²) in [5.74, 6) is 0. The third-order valence-electron chi connectivity index (χ3n) is 2.44. The first-order chi connectivity index (χ1) is 7.84. The number of halogens is 1. The Morgan fingerprint density at radius 1 is 1.00 bits per heavy atom. The molecule has 0 saturated heterocycles. The van der Waals surface area contributed by atoms with E-state index in [0.29, 0.717) is 0 Å². The number of pyridine rings is 1. The van der Waals surface area contributed by atoms with Crippen LogP contribution in [-0.2, 0) is 0 Å². The molecule has 0 aliphatic carbocycles. The van der Waals surface area contributed by atoms with E-state index in [1.807, 2.05) is 30.3 Å². The van der Waals surface area contributed by atoms with Gasteiger partial charge in [0, 0.05) is 0 Å². The Hall–Kier alpha value is -1.68. The quantitative estimate of drug-likeness (QED) is 0.638. The summed E-state index contributed by atoms with van der Waals surface area (Å²) in [6.45, 7) is 0. The van der Waals surface area contributed by atoms with E-state index in [9.17, 15) is 0 Å². The summed E-state index contributed by atoms with van der Waals surface area (Å²) in [7, 11) is 0. The van der Waals surface area contributed by atoms with E-state index < -0.39 is 0 Å². The molecule has 0 fully saturated rings. The average Bonchev–Trinajstić information content (AvgIpc) is 2.79. The molecule has 2 heterocycles. The molecule has 4 heteroatoms. The van der Waals surface area contributed by atoms with E-state index in [1.165, 1.54) is 5.56 Å². The van der Waals surface area contributed by atoms with E-state index in [0.717, 1.165) is 15.8 Å². The van der Waals surface area contributed by atoms with Crippen LogP contribution in [0, 0.1) is 0 Å². The summed E-state index contributed by atoms with van der Waals surface area (Å²) in [4.78, 5) is 4.19. The summed E-state index contributed by atoms with van der Waals surface area (Å²) in [5, 5.41) is 4.11. The van der Waals surface area contributed by atoms with Crippen LogP contribution in [0.25, 0.3) is 16.8 Å². The predicted octanol–water partition coefficient (Wildman–Crippen LogP) is 3.16. The lowest BCUT2D eigenvalue weighted by atomic mass is 10.1. The summed E-state index contributed by atoms with van der Waals surface area (Å²) in [5.41, 5.74) is 3.15. The van der Waals surface area contributed by atoms with Gasteiger partial charge in [0.05, 0.1) is 0 Å². The fourth-order valence-electron chi connectivity index (χ4n) is 1.68. The largest absolute Gasteiger partial charge is 0.215 e. The normalized spacial score (nSPS) is 10.8. The van der Waals surface area contributed by atoms with Crippen molar-refractivity contribution in [1.29, 1.82) is 0 Å². The van der Waals surface area contributed by atoms with E-state index in [4.69, 9.17) is 0 Å². The lowest BCUT2D eigenvalue weighted by Crippen LogP contribution is -1.90. The lowest BCUT2D eigenvalue weighted by Gasteiger charge is -2.03. The molecule has 3 rings (SSSR count). The van der Waals surface area contributed by atoms with Crippen molar-refractivity contribution < 1.29 is 0 Å². The van der Waals surface area contributed by atoms with Crippen molar-refractivity contribution in [2.45, 2.75) is 0 Å². The molecule has 0 bridgehead atoms. The van der Waals surface area contributed by atoms with Crippen LogP contribution in [0.15, 0.2) is 53.4 Å². The van der Waals surface area contributed by atoms with E-state index in [-0.39, 0.29) is 0 Å². The van der Waals surface area contributed by atoms with Gasteiger partial charge in [0.15, 0.2) is 5.65 Å². The van der Waals surface area contributed by atoms with Gasteiger partial charge in [0.1, 0.15) is 10.9 Å². The van der Waals surface area contributed by atoms with Gasteiger partial charge in [-0.1, -0.05) is 30.3 Å². The maximum atomic E-state index is 4.19. The van der Waals surface area contributed by atoms with Crippen LogP contribution in [0.5, 0.6) is 0 Å². The van der Waals surface area contributed by atoms with Gasteiger partial charge in [-0.25, -0.2) is 9.50 Å². The van der Waals surface area contributed by atoms with Crippen LogP contribution in [0.2, 0.25) is 0 Å². The van der Waals surface area contributed by atoms with E-state index >= 15 is 0 Å². The van der Waals surface area contributed by atoms with Crippen molar-refractivity contribution in [1.82, 2.24) is 14.6 Å². The van der Waals surface area contributed by atoms with Crippen LogP contribution < -0.4 is 0 Å². The molecule has 0 atom stereocenters. The zero-order chi connectivity index (χ0) is 11.0. The smallest absolute Gasteiger partial charge is 0.157 e. The maximum Gasteiger partial charge on any atom is 0.157 e. The fraction of sp³-hybridized carbons (Fsp3) is 0. The van der Waals surface area contributed by atoms with Crippen LogP contribution in [0.1, 0.15) is 0 Å². The van der Waals surface area contributed by atoms with Gasteiger partial charge in [-0.05, 0) is 39.2 Å². The standard InChI is InChI=1S/C12H8BrN3/c13-11-6-10(9-4-2-1-3-5-9)7-12-14-8-15-16(11)12/h1-8H. The van der Waals surface area contributed by atoms with Crippen molar-refractivity contribution in [2.75, 3.05) is 0 Å². The Bertz CT molecular complexity index is 631. The number of aromatic nitrogens is 3. The van der Waals surface area contributed by atoms with Gasteiger partial charge in [-0.15, -0.1) is 0 Å². The molecular formula is C12H8BrN3. The van der Waals surface area contributed by atoms with Gasteiger partial charge in [-0.2, -0.15) is 5.10 Å². The second-order valence-corrected chi connectivity index (χ2v) is 4.28. The molecule has 3 nitrogen and oxygen atoms in total. The van der Waals surface area contributed by atoms with Gasteiger partial charge in [-0.3, -0.25) is 0 Å². The summed E-state index contributed by atoms with van der Waals surface area (Å²) < 4.78 is 2.66. The molecule has 0 saturated carbocycles. The molecule has 0 aliphatic rings. The Morgan fingerprint density at radius 3 is 2.62 bits per heavy atom. The zero-order valence-corrected chi connectivity index (χ0v) is 9.92. The first-order valence-corrected chi connectivity index (χ1v) is 5.68. The predicted molar refractivity (Wildman–Crippen MR) is 66.1 cm³/mol. The van der Waals surface area contributed by atoms with Crippen LogP contribution in [-0.4, -0.2) is 14.6 Å². The Balaban J connectivity index is 2.25. The topological polar surface area (TPSA) is 30.2 Å². The molecular weight excluding hydrogens is 266 g/mol. The minimum absolute atomic E-state index is 0.841. The monoisotopic (exact) mass is 273 g/mol. The number of benzene rings is 1. The van der Waals surface area contributed by atoms with Gasteiger partial charge < -0.3 is 0 Å². The summed E-state index contributed by atoms with van der Waals surface area (Å²) in [6.07, 6.45) is 1.55. The number of nitrogens with zero attached hydrogens (tertiary/aromatic N) is 3. The minimum Gasteiger partial charge on any atom is -0.215 e. The van der Waals surface area contributed by atoms with Crippen LogP contribution in [0.4, 0.5) is 0 Å². The number of fused-ring (bicyclic) bond motifs is 1. The van der Waals surface area contributed by atoms with Crippen molar-refractivity contribution in [3.05, 3.63) is 53.4 Å². The van der Waals surface area contributed by atoms with Crippen molar-refractivity contribution in [3.8, 4) is 11.1 Å². The van der Waals surface area contributed by atoms with Crippen molar-refractivity contribution in [2.24, 2.45) is 0 Å². The molecule has 0 unspecified atom stereocenters. The number of hydrogen-bond acceptors (Lipinski definition) is 2. The van der Waals surface area contributed by atoms with Gasteiger partial charge in [0.25, 0.3) is 0 Å². The second-order valence-electron chi connectivity index (χ2n) is 3.46. The third-order valence-corrected chi connectivity index (χ3v) is 3.01.